The molecule has 1 aliphatic rings. The lowest BCUT2D eigenvalue weighted by molar-refractivity contribution is 0.174. The molecule has 0 radical (unpaired) electrons. The molecule has 0 N–H and O–H groups in total. The molecule has 2 heterocycles. The van der Waals surface area contributed by atoms with Crippen molar-refractivity contribution in [2.45, 2.75) is 0 Å². The number of halogens is 1. The lowest BCUT2D eigenvalue weighted by atomic mass is 10.3. The Kier molecular flexibility index (Phi) is 1.78. The topological polar surface area (TPSA) is 31.4 Å². The summed E-state index contributed by atoms with van der Waals surface area (Å²) in [5, 5.41) is 0. The molecule has 5 heteroatoms. The van der Waals surface area contributed by atoms with Crippen LogP contribution in [-0.4, -0.2) is 18.2 Å². The van der Waals surface area contributed by atoms with E-state index >= 15 is 0 Å². The first kappa shape index (κ1) is 8.32. The van der Waals surface area contributed by atoms with Crippen LogP contribution in [-0.2, 0) is 0 Å². The van der Waals surface area contributed by atoms with E-state index in [1.807, 2.05) is 12.1 Å². The van der Waals surface area contributed by atoms with Gasteiger partial charge in [-0.25, -0.2) is 4.98 Å². The fourth-order valence-corrected chi connectivity index (χ4v) is 2.57. The van der Waals surface area contributed by atoms with Crippen molar-refractivity contribution in [2.24, 2.45) is 0 Å². The van der Waals surface area contributed by atoms with E-state index in [0.717, 1.165) is 21.7 Å². The smallest absolute Gasteiger partial charge is 0.184 e. The highest BCUT2D eigenvalue weighted by Gasteiger charge is 2.17. The summed E-state index contributed by atoms with van der Waals surface area (Å²) in [4.78, 5) is 4.17. The number of aromatic nitrogens is 1. The zero-order chi connectivity index (χ0) is 9.54. The quantitative estimate of drug-likeness (QED) is 0.694. The van der Waals surface area contributed by atoms with E-state index in [2.05, 4.69) is 4.98 Å². The zero-order valence-corrected chi connectivity index (χ0v) is 8.69. The Morgan fingerprint density at radius 3 is 3.07 bits per heavy atom. The summed E-state index contributed by atoms with van der Waals surface area (Å²) in [6.07, 6.45) is 0. The van der Waals surface area contributed by atoms with Crippen LogP contribution < -0.4 is 9.47 Å². The van der Waals surface area contributed by atoms with E-state index in [9.17, 15) is 0 Å². The van der Waals surface area contributed by atoms with Gasteiger partial charge in [0.05, 0.1) is 5.52 Å². The monoisotopic (exact) mass is 227 g/mol. The lowest BCUT2D eigenvalue weighted by Gasteiger charge is -2.18. The zero-order valence-electron chi connectivity index (χ0n) is 7.12. The molecular weight excluding hydrogens is 222 g/mol. The van der Waals surface area contributed by atoms with Crippen molar-refractivity contribution in [1.29, 1.82) is 0 Å². The van der Waals surface area contributed by atoms with Gasteiger partial charge in [0, 0.05) is 0 Å². The van der Waals surface area contributed by atoms with Crippen LogP contribution in [0, 0.1) is 0 Å². The number of thiazole rings is 1. The van der Waals surface area contributed by atoms with Gasteiger partial charge in [-0.15, -0.1) is 0 Å². The van der Waals surface area contributed by atoms with Crippen LogP contribution in [0.4, 0.5) is 0 Å². The molecule has 3 rings (SSSR count). The molecule has 0 atom stereocenters. The van der Waals surface area contributed by atoms with E-state index in [0.29, 0.717) is 17.7 Å². The summed E-state index contributed by atoms with van der Waals surface area (Å²) >= 11 is 7.25. The van der Waals surface area contributed by atoms with Crippen LogP contribution in [0.25, 0.3) is 10.2 Å². The molecule has 0 bridgehead atoms. The molecule has 0 fully saturated rings. The van der Waals surface area contributed by atoms with Crippen molar-refractivity contribution >= 4 is 33.2 Å². The largest absolute Gasteiger partial charge is 0.486 e. The highest BCUT2D eigenvalue weighted by Crippen LogP contribution is 2.41. The first-order chi connectivity index (χ1) is 6.84. The summed E-state index contributed by atoms with van der Waals surface area (Å²) in [5.41, 5.74) is 0.865. The predicted octanol–water partition coefficient (Wildman–Crippen LogP) is 2.72. The van der Waals surface area contributed by atoms with E-state index in [1.54, 1.807) is 0 Å². The van der Waals surface area contributed by atoms with E-state index in [-0.39, 0.29) is 0 Å². The SMILES string of the molecule is Clc1nc2ccc3c(c2s1)OCCO3. The maximum Gasteiger partial charge on any atom is 0.184 e. The lowest BCUT2D eigenvalue weighted by Crippen LogP contribution is -2.15. The van der Waals surface area contributed by atoms with Crippen molar-refractivity contribution in [3.8, 4) is 11.5 Å². The van der Waals surface area contributed by atoms with Gasteiger partial charge in [-0.3, -0.25) is 0 Å². The van der Waals surface area contributed by atoms with Gasteiger partial charge in [0.15, 0.2) is 16.0 Å². The number of rotatable bonds is 0. The second kappa shape index (κ2) is 3.00. The highest BCUT2D eigenvalue weighted by molar-refractivity contribution is 7.22. The number of nitrogens with zero attached hydrogens (tertiary/aromatic N) is 1. The van der Waals surface area contributed by atoms with Crippen LogP contribution >= 0.6 is 22.9 Å². The first-order valence-corrected chi connectivity index (χ1v) is 5.39. The maximum atomic E-state index is 5.84. The van der Waals surface area contributed by atoms with E-state index in [1.165, 1.54) is 11.3 Å². The second-order valence-corrected chi connectivity index (χ2v) is 4.49. The van der Waals surface area contributed by atoms with Gasteiger partial charge in [-0.2, -0.15) is 0 Å². The fourth-order valence-electron chi connectivity index (χ4n) is 1.47. The maximum absolute atomic E-state index is 5.84. The van der Waals surface area contributed by atoms with Gasteiger partial charge >= 0.3 is 0 Å². The standard InChI is InChI=1S/C9H6ClNO2S/c10-9-11-5-1-2-6-7(8(5)14-9)13-4-3-12-6/h1-2H,3-4H2. The highest BCUT2D eigenvalue weighted by atomic mass is 35.5. The van der Waals surface area contributed by atoms with E-state index < -0.39 is 0 Å². The van der Waals surface area contributed by atoms with Crippen LogP contribution in [0.3, 0.4) is 0 Å². The molecule has 0 amide bonds. The Morgan fingerprint density at radius 2 is 2.14 bits per heavy atom. The number of benzene rings is 1. The third-order valence-corrected chi connectivity index (χ3v) is 3.21. The molecule has 1 aromatic heterocycles. The second-order valence-electron chi connectivity index (χ2n) is 2.90. The van der Waals surface area contributed by atoms with Gasteiger partial charge in [0.1, 0.15) is 17.9 Å². The third-order valence-electron chi connectivity index (χ3n) is 2.04. The van der Waals surface area contributed by atoms with Gasteiger partial charge in [-0.1, -0.05) is 22.9 Å². The van der Waals surface area contributed by atoms with Gasteiger partial charge in [0.2, 0.25) is 0 Å². The Balaban J connectivity index is 2.33. The molecule has 14 heavy (non-hydrogen) atoms. The summed E-state index contributed by atoms with van der Waals surface area (Å²) in [7, 11) is 0. The molecule has 0 spiro atoms. The van der Waals surface area contributed by atoms with Crippen LogP contribution in [0.1, 0.15) is 0 Å². The summed E-state index contributed by atoms with van der Waals surface area (Å²) in [5.74, 6) is 1.56. The van der Waals surface area contributed by atoms with Crippen molar-refractivity contribution in [3.63, 3.8) is 0 Å². The number of hydrogen-bond donors (Lipinski definition) is 0. The normalized spacial score (nSPS) is 14.6. The molecule has 1 aliphatic heterocycles. The van der Waals surface area contributed by atoms with Crippen molar-refractivity contribution < 1.29 is 9.47 Å². The Bertz CT molecular complexity index is 497. The van der Waals surface area contributed by atoms with Gasteiger partial charge in [0.25, 0.3) is 0 Å². The van der Waals surface area contributed by atoms with Crippen molar-refractivity contribution in [1.82, 2.24) is 4.98 Å². The summed E-state index contributed by atoms with van der Waals surface area (Å²) in [6.45, 7) is 1.19. The number of fused-ring (bicyclic) bond motifs is 3. The molecule has 3 nitrogen and oxygen atoms in total. The Morgan fingerprint density at radius 1 is 1.29 bits per heavy atom. The minimum absolute atomic E-state index is 0.530. The average molecular weight is 228 g/mol. The molecule has 1 aromatic carbocycles. The number of ether oxygens (including phenoxy) is 2. The molecule has 0 aliphatic carbocycles. The molecule has 0 saturated carbocycles. The summed E-state index contributed by atoms with van der Waals surface area (Å²) < 4.78 is 12.5. The number of hydrogen-bond acceptors (Lipinski definition) is 4. The third kappa shape index (κ3) is 1.14. The minimum Gasteiger partial charge on any atom is -0.486 e. The molecule has 72 valence electrons. The van der Waals surface area contributed by atoms with Gasteiger partial charge < -0.3 is 9.47 Å². The van der Waals surface area contributed by atoms with Crippen LogP contribution in [0.2, 0.25) is 4.47 Å². The fraction of sp³-hybridized carbons (Fsp3) is 0.222. The van der Waals surface area contributed by atoms with Crippen molar-refractivity contribution in [2.75, 3.05) is 13.2 Å². The van der Waals surface area contributed by atoms with Crippen LogP contribution in [0.5, 0.6) is 11.5 Å². The molecule has 0 saturated heterocycles. The van der Waals surface area contributed by atoms with Gasteiger partial charge in [-0.05, 0) is 12.1 Å². The molecule has 0 unspecified atom stereocenters. The summed E-state index contributed by atoms with van der Waals surface area (Å²) in [6, 6.07) is 3.76. The Labute approximate surface area is 89.2 Å². The van der Waals surface area contributed by atoms with Crippen LogP contribution in [0.15, 0.2) is 12.1 Å². The average Bonchev–Trinajstić information content (AvgIpc) is 2.59. The molecule has 2 aromatic rings. The Hall–Kier alpha value is -1.00. The van der Waals surface area contributed by atoms with E-state index in [4.69, 9.17) is 21.1 Å². The molecular formula is C9H6ClNO2S. The van der Waals surface area contributed by atoms with Crippen molar-refractivity contribution in [3.05, 3.63) is 16.6 Å². The minimum atomic E-state index is 0.530. The predicted molar refractivity (Wildman–Crippen MR) is 55.6 cm³/mol. The first-order valence-electron chi connectivity index (χ1n) is 4.19.